The van der Waals surface area contributed by atoms with Gasteiger partial charge in [-0.2, -0.15) is 5.10 Å². The van der Waals surface area contributed by atoms with Gasteiger partial charge in [0.25, 0.3) is 5.91 Å². The summed E-state index contributed by atoms with van der Waals surface area (Å²) in [6, 6.07) is 5.94. The highest BCUT2D eigenvalue weighted by Crippen LogP contribution is 2.30. The predicted octanol–water partition coefficient (Wildman–Crippen LogP) is 2.21. The summed E-state index contributed by atoms with van der Waals surface area (Å²) in [4.78, 5) is 15.0. The Morgan fingerprint density at radius 2 is 2.19 bits per heavy atom. The number of nitrogens with zero attached hydrogens (tertiary/aromatic N) is 3. The summed E-state index contributed by atoms with van der Waals surface area (Å²) in [5.41, 5.74) is 8.77. The van der Waals surface area contributed by atoms with Gasteiger partial charge in [-0.1, -0.05) is 6.08 Å². The van der Waals surface area contributed by atoms with Crippen molar-refractivity contribution in [3.05, 3.63) is 48.1 Å². The van der Waals surface area contributed by atoms with Crippen molar-refractivity contribution in [1.82, 2.24) is 30.7 Å². The predicted molar refractivity (Wildman–Crippen MR) is 118 cm³/mol. The molecular weight excluding hydrogens is 396 g/mol. The molecular formula is C21H26N8O2. The highest BCUT2D eigenvalue weighted by Gasteiger charge is 2.23. The third-order valence-electron chi connectivity index (χ3n) is 4.92. The average Bonchev–Trinajstić information content (AvgIpc) is 3.41. The van der Waals surface area contributed by atoms with Gasteiger partial charge < -0.3 is 26.1 Å². The fourth-order valence-electron chi connectivity index (χ4n) is 3.43. The molecule has 6 N–H and O–H groups in total. The van der Waals surface area contributed by atoms with Crippen molar-refractivity contribution in [2.75, 3.05) is 18.5 Å². The van der Waals surface area contributed by atoms with Crippen LogP contribution < -0.4 is 16.4 Å². The number of carbonyl (C=O) groups is 1. The molecule has 0 aliphatic heterocycles. The Kier molecular flexibility index (Phi) is 5.99. The van der Waals surface area contributed by atoms with Crippen LogP contribution in [0.3, 0.4) is 0 Å². The van der Waals surface area contributed by atoms with Crippen LogP contribution in [0.4, 0.5) is 11.6 Å². The third kappa shape index (κ3) is 4.92. The highest BCUT2D eigenvalue weighted by molar-refractivity contribution is 5.82. The van der Waals surface area contributed by atoms with Crippen LogP contribution in [0.5, 0.6) is 0 Å². The molecule has 10 heteroatoms. The topological polar surface area (TPSA) is 147 Å². The van der Waals surface area contributed by atoms with Crippen LogP contribution in [0.25, 0.3) is 16.5 Å². The van der Waals surface area contributed by atoms with Crippen LogP contribution in [0.1, 0.15) is 26.1 Å². The Labute approximate surface area is 179 Å². The molecule has 0 spiro atoms. The molecule has 2 heterocycles. The zero-order valence-electron chi connectivity index (χ0n) is 17.5. The van der Waals surface area contributed by atoms with Gasteiger partial charge >= 0.3 is 0 Å². The zero-order valence-corrected chi connectivity index (χ0v) is 17.5. The number of nitrogens with one attached hydrogen (secondary N) is 4. The number of amides is 1. The highest BCUT2D eigenvalue weighted by atomic mass is 16.5. The lowest BCUT2D eigenvalue weighted by atomic mass is 9.92. The van der Waals surface area contributed by atoms with Gasteiger partial charge in [0.2, 0.25) is 5.95 Å². The van der Waals surface area contributed by atoms with Crippen molar-refractivity contribution < 1.29 is 9.53 Å². The maximum Gasteiger partial charge on any atom is 0.258 e. The van der Waals surface area contributed by atoms with Crippen molar-refractivity contribution in [2.45, 2.75) is 26.3 Å². The van der Waals surface area contributed by atoms with Gasteiger partial charge in [0.15, 0.2) is 12.4 Å². The number of hydrogen-bond acceptors (Lipinski definition) is 7. The lowest BCUT2D eigenvalue weighted by molar-refractivity contribution is -0.125. The minimum absolute atomic E-state index is 0.0267. The molecule has 4 rings (SSSR count). The van der Waals surface area contributed by atoms with Gasteiger partial charge in [0.1, 0.15) is 5.76 Å². The number of anilines is 2. The van der Waals surface area contributed by atoms with Gasteiger partial charge in [0.05, 0.1) is 11.7 Å². The fourth-order valence-corrected chi connectivity index (χ4v) is 3.43. The summed E-state index contributed by atoms with van der Waals surface area (Å²) in [5, 5.41) is 22.4. The molecule has 10 nitrogen and oxygen atoms in total. The lowest BCUT2D eigenvalue weighted by Gasteiger charge is -2.23. The molecule has 0 radical (unpaired) electrons. The SMILES string of the molecule is CC(C)NC(=O)COC1=CC=C(c2nnc(Nc3ccc4[nH]ncc4c3)[nH]2)CC1CN. The third-order valence-corrected chi connectivity index (χ3v) is 4.92. The van der Waals surface area contributed by atoms with Gasteiger partial charge in [-0.25, -0.2) is 0 Å². The van der Waals surface area contributed by atoms with Gasteiger partial charge in [-0.15, -0.1) is 10.2 Å². The van der Waals surface area contributed by atoms with Crippen molar-refractivity contribution in [3.63, 3.8) is 0 Å². The van der Waals surface area contributed by atoms with Crippen LogP contribution in [0.15, 0.2) is 42.3 Å². The number of nitrogens with two attached hydrogens (primary N) is 1. The van der Waals surface area contributed by atoms with E-state index in [1.54, 1.807) is 6.20 Å². The van der Waals surface area contributed by atoms with Crippen LogP contribution >= 0.6 is 0 Å². The molecule has 1 aromatic carbocycles. The molecule has 1 aliphatic carbocycles. The standard InChI is InChI=1S/C21H26N8O2/c1-12(2)24-19(30)11-31-18-6-3-13(7-14(18)9-22)20-26-21(29-28-20)25-16-4-5-17-15(8-16)10-23-27-17/h3-6,8,10,12,14H,7,9,11,22H2,1-2H3,(H,23,27)(H,24,30)(H2,25,26,28,29). The largest absolute Gasteiger partial charge is 0.488 e. The summed E-state index contributed by atoms with van der Waals surface area (Å²) in [7, 11) is 0. The normalized spacial score (nSPS) is 16.2. The second kappa shape index (κ2) is 9.00. The monoisotopic (exact) mass is 422 g/mol. The molecule has 1 unspecified atom stereocenters. The second-order valence-corrected chi connectivity index (χ2v) is 7.73. The summed E-state index contributed by atoms with van der Waals surface area (Å²) < 4.78 is 5.70. The van der Waals surface area contributed by atoms with Crippen LogP contribution in [0.2, 0.25) is 0 Å². The molecule has 3 aromatic rings. The van der Waals surface area contributed by atoms with E-state index in [-0.39, 0.29) is 24.5 Å². The van der Waals surface area contributed by atoms with E-state index in [1.165, 1.54) is 0 Å². The molecule has 2 aromatic heterocycles. The van der Waals surface area contributed by atoms with Gasteiger partial charge in [-0.05, 0) is 50.1 Å². The maximum absolute atomic E-state index is 11.8. The van der Waals surface area contributed by atoms with Crippen LogP contribution in [-0.4, -0.2) is 50.5 Å². The molecule has 0 saturated heterocycles. The van der Waals surface area contributed by atoms with E-state index in [1.807, 2.05) is 44.2 Å². The summed E-state index contributed by atoms with van der Waals surface area (Å²) in [5.74, 6) is 1.73. The van der Waals surface area contributed by atoms with E-state index in [4.69, 9.17) is 10.5 Å². The zero-order chi connectivity index (χ0) is 21.8. The van der Waals surface area contributed by atoms with E-state index >= 15 is 0 Å². The van der Waals surface area contributed by atoms with Crippen molar-refractivity contribution in [2.24, 2.45) is 11.7 Å². The summed E-state index contributed by atoms with van der Waals surface area (Å²) in [6.07, 6.45) is 6.18. The number of aromatic amines is 2. The summed E-state index contributed by atoms with van der Waals surface area (Å²) in [6.45, 7) is 4.19. The van der Waals surface area contributed by atoms with E-state index in [0.29, 0.717) is 30.5 Å². The first-order valence-corrected chi connectivity index (χ1v) is 10.2. The first kappa shape index (κ1) is 20.6. The number of fused-ring (bicyclic) bond motifs is 1. The summed E-state index contributed by atoms with van der Waals surface area (Å²) >= 11 is 0. The van der Waals surface area contributed by atoms with Gasteiger partial charge in [-0.3, -0.25) is 9.89 Å². The Bertz CT molecular complexity index is 1130. The first-order chi connectivity index (χ1) is 15.0. The van der Waals surface area contributed by atoms with E-state index in [0.717, 1.165) is 22.2 Å². The first-order valence-electron chi connectivity index (χ1n) is 10.2. The minimum Gasteiger partial charge on any atom is -0.488 e. The van der Waals surface area contributed by atoms with Crippen molar-refractivity contribution >= 4 is 34.0 Å². The number of rotatable bonds is 8. The molecule has 1 atom stereocenters. The number of carbonyl (C=O) groups excluding carboxylic acids is 1. The number of ether oxygens (including phenoxy) is 1. The second-order valence-electron chi connectivity index (χ2n) is 7.73. The minimum atomic E-state index is -0.152. The fraction of sp³-hybridized carbons (Fsp3) is 0.333. The van der Waals surface area contributed by atoms with E-state index in [9.17, 15) is 4.79 Å². The number of allylic oxidation sites excluding steroid dienone is 3. The van der Waals surface area contributed by atoms with Crippen LogP contribution in [0, 0.1) is 5.92 Å². The maximum atomic E-state index is 11.8. The number of H-pyrrole nitrogens is 2. The molecule has 0 bridgehead atoms. The Morgan fingerprint density at radius 1 is 1.32 bits per heavy atom. The number of benzene rings is 1. The quantitative estimate of drug-likeness (QED) is 0.374. The average molecular weight is 422 g/mol. The lowest BCUT2D eigenvalue weighted by Crippen LogP contribution is -2.34. The number of hydrogen-bond donors (Lipinski definition) is 5. The number of aromatic nitrogens is 5. The Morgan fingerprint density at radius 3 is 3.00 bits per heavy atom. The Hall–Kier alpha value is -3.66. The molecule has 0 saturated carbocycles. The molecule has 1 amide bonds. The van der Waals surface area contributed by atoms with Crippen molar-refractivity contribution in [3.8, 4) is 0 Å². The Balaban J connectivity index is 1.43. The molecule has 0 fully saturated rings. The van der Waals surface area contributed by atoms with Crippen LogP contribution in [-0.2, 0) is 9.53 Å². The van der Waals surface area contributed by atoms with E-state index in [2.05, 4.69) is 36.0 Å². The van der Waals surface area contributed by atoms with Crippen molar-refractivity contribution in [1.29, 1.82) is 0 Å². The molecule has 1 aliphatic rings. The molecule has 31 heavy (non-hydrogen) atoms. The van der Waals surface area contributed by atoms with E-state index < -0.39 is 0 Å². The smallest absolute Gasteiger partial charge is 0.258 e. The van der Waals surface area contributed by atoms with Gasteiger partial charge in [0, 0.05) is 29.6 Å². The molecule has 162 valence electrons.